The minimum Gasteiger partial charge on any atom is -0.380 e. The average molecular weight is 336 g/mol. The lowest BCUT2D eigenvalue weighted by Gasteiger charge is -2.39. The van der Waals surface area contributed by atoms with E-state index in [0.29, 0.717) is 6.42 Å². The van der Waals surface area contributed by atoms with E-state index in [1.165, 1.54) is 16.2 Å². The van der Waals surface area contributed by atoms with Crippen molar-refractivity contribution in [2.75, 3.05) is 13.1 Å². The van der Waals surface area contributed by atoms with Crippen LogP contribution in [0.5, 0.6) is 0 Å². The highest BCUT2D eigenvalue weighted by Gasteiger charge is 2.54. The number of rotatable bonds is 3. The fourth-order valence-electron chi connectivity index (χ4n) is 2.47. The molecule has 2 N–H and O–H groups in total. The average Bonchev–Trinajstić information content (AvgIpc) is 2.98. The molecular weight excluding hydrogens is 317 g/mol. The summed E-state index contributed by atoms with van der Waals surface area (Å²) in [5, 5.41) is 14.4. The summed E-state index contributed by atoms with van der Waals surface area (Å²) in [6, 6.07) is 3.28. The summed E-state index contributed by atoms with van der Waals surface area (Å²) in [7, 11) is 0. The predicted octanol–water partition coefficient (Wildman–Crippen LogP) is 3.30. The Kier molecular flexibility index (Phi) is 5.01. The lowest BCUT2D eigenvalue weighted by atomic mass is 9.91. The Morgan fingerprint density at radius 1 is 1.50 bits per heavy atom. The zero-order chi connectivity index (χ0) is 16.4. The van der Waals surface area contributed by atoms with Crippen LogP contribution in [0.2, 0.25) is 0 Å². The number of amides is 2. The smallest absolute Gasteiger partial charge is 0.380 e. The molecule has 0 spiro atoms. The first-order valence-corrected chi connectivity index (χ1v) is 8.03. The molecule has 1 atom stereocenters. The molecule has 4 nitrogen and oxygen atoms in total. The quantitative estimate of drug-likeness (QED) is 0.890. The van der Waals surface area contributed by atoms with E-state index in [-0.39, 0.29) is 25.2 Å². The second kappa shape index (κ2) is 6.45. The number of piperidine rings is 1. The van der Waals surface area contributed by atoms with Gasteiger partial charge in [0.2, 0.25) is 0 Å². The van der Waals surface area contributed by atoms with Crippen LogP contribution in [0.3, 0.4) is 0 Å². The highest BCUT2D eigenvalue weighted by atomic mass is 32.1. The number of nitrogens with one attached hydrogen (secondary N) is 1. The zero-order valence-electron chi connectivity index (χ0n) is 12.2. The number of urea groups is 1. The van der Waals surface area contributed by atoms with Crippen molar-refractivity contribution in [2.24, 2.45) is 0 Å². The Labute approximate surface area is 130 Å². The van der Waals surface area contributed by atoms with Crippen molar-refractivity contribution in [3.8, 4) is 0 Å². The molecule has 124 valence electrons. The van der Waals surface area contributed by atoms with Crippen LogP contribution in [-0.4, -0.2) is 40.9 Å². The Hall–Kier alpha value is -1.28. The van der Waals surface area contributed by atoms with E-state index < -0.39 is 24.6 Å². The summed E-state index contributed by atoms with van der Waals surface area (Å²) in [4.78, 5) is 14.5. The maximum atomic E-state index is 12.7. The van der Waals surface area contributed by atoms with Gasteiger partial charge in [0.25, 0.3) is 0 Å². The van der Waals surface area contributed by atoms with Gasteiger partial charge in [-0.05, 0) is 17.9 Å². The maximum Gasteiger partial charge on any atom is 0.417 e. The molecule has 0 aliphatic carbocycles. The molecule has 1 aromatic rings. The first kappa shape index (κ1) is 17.1. The van der Waals surface area contributed by atoms with Crippen LogP contribution in [0, 0.1) is 0 Å². The van der Waals surface area contributed by atoms with Gasteiger partial charge in [-0.1, -0.05) is 13.0 Å². The number of halogens is 3. The maximum absolute atomic E-state index is 12.7. The van der Waals surface area contributed by atoms with Crippen molar-refractivity contribution in [1.82, 2.24) is 10.2 Å². The van der Waals surface area contributed by atoms with Crippen LogP contribution in [-0.2, 0) is 0 Å². The fourth-order valence-corrected chi connectivity index (χ4v) is 3.33. The van der Waals surface area contributed by atoms with Crippen LogP contribution < -0.4 is 5.32 Å². The van der Waals surface area contributed by atoms with Gasteiger partial charge in [0.1, 0.15) is 0 Å². The molecule has 1 saturated heterocycles. The van der Waals surface area contributed by atoms with Gasteiger partial charge in [0.05, 0.1) is 6.04 Å². The molecule has 22 heavy (non-hydrogen) atoms. The number of hydrogen-bond donors (Lipinski definition) is 2. The molecule has 0 unspecified atom stereocenters. The number of thiophene rings is 1. The Bertz CT molecular complexity index is 497. The van der Waals surface area contributed by atoms with Gasteiger partial charge in [0.15, 0.2) is 5.60 Å². The topological polar surface area (TPSA) is 52.6 Å². The molecular formula is C14H19F3N2O2S. The van der Waals surface area contributed by atoms with Gasteiger partial charge in [-0.15, -0.1) is 11.3 Å². The van der Waals surface area contributed by atoms with E-state index >= 15 is 0 Å². The molecule has 1 aromatic heterocycles. The molecule has 0 aromatic carbocycles. The summed E-state index contributed by atoms with van der Waals surface area (Å²) in [5.74, 6) is 0. The van der Waals surface area contributed by atoms with E-state index in [4.69, 9.17) is 0 Å². The van der Waals surface area contributed by atoms with Crippen molar-refractivity contribution in [2.45, 2.75) is 44.0 Å². The summed E-state index contributed by atoms with van der Waals surface area (Å²) in [6.07, 6.45) is -4.93. The molecule has 2 heterocycles. The summed E-state index contributed by atoms with van der Waals surface area (Å²) in [5.41, 5.74) is -2.68. The molecule has 1 fully saturated rings. The van der Waals surface area contributed by atoms with Gasteiger partial charge in [-0.3, -0.25) is 0 Å². The monoisotopic (exact) mass is 336 g/mol. The summed E-state index contributed by atoms with van der Waals surface area (Å²) >= 11 is 1.53. The third-order valence-electron chi connectivity index (χ3n) is 4.00. The lowest BCUT2D eigenvalue weighted by molar-refractivity contribution is -0.271. The highest BCUT2D eigenvalue weighted by molar-refractivity contribution is 7.10. The Balaban J connectivity index is 1.93. The van der Waals surface area contributed by atoms with Crippen molar-refractivity contribution in [3.63, 3.8) is 0 Å². The van der Waals surface area contributed by atoms with E-state index in [0.717, 1.165) is 4.88 Å². The van der Waals surface area contributed by atoms with Gasteiger partial charge < -0.3 is 15.3 Å². The van der Waals surface area contributed by atoms with Crippen molar-refractivity contribution in [3.05, 3.63) is 22.4 Å². The molecule has 2 amide bonds. The first-order chi connectivity index (χ1) is 10.3. The van der Waals surface area contributed by atoms with E-state index in [1.54, 1.807) is 0 Å². The molecule has 1 aliphatic rings. The number of aliphatic hydroxyl groups is 1. The number of alkyl halides is 3. The second-order valence-electron chi connectivity index (χ2n) is 5.44. The molecule has 2 rings (SSSR count). The van der Waals surface area contributed by atoms with Crippen LogP contribution in [0.4, 0.5) is 18.0 Å². The number of likely N-dealkylation sites (tertiary alicyclic amines) is 1. The molecule has 0 saturated carbocycles. The number of carbonyl (C=O) groups is 1. The van der Waals surface area contributed by atoms with Crippen LogP contribution in [0.1, 0.15) is 37.1 Å². The normalized spacial score (nSPS) is 19.8. The molecule has 0 bridgehead atoms. The highest BCUT2D eigenvalue weighted by Crippen LogP contribution is 2.38. The van der Waals surface area contributed by atoms with Crippen molar-refractivity contribution >= 4 is 17.4 Å². The van der Waals surface area contributed by atoms with Crippen LogP contribution in [0.15, 0.2) is 17.5 Å². The van der Waals surface area contributed by atoms with Crippen molar-refractivity contribution in [1.29, 1.82) is 0 Å². The lowest BCUT2D eigenvalue weighted by Crippen LogP contribution is -2.56. The SMILES string of the molecule is CC[C@@H](NC(=O)N1CCC(O)(C(F)(F)F)CC1)c1cccs1. The Morgan fingerprint density at radius 3 is 2.59 bits per heavy atom. The fraction of sp³-hybridized carbons (Fsp3) is 0.643. The number of hydrogen-bond acceptors (Lipinski definition) is 3. The molecule has 1 aliphatic heterocycles. The van der Waals surface area contributed by atoms with Gasteiger partial charge in [0, 0.05) is 30.8 Å². The summed E-state index contributed by atoms with van der Waals surface area (Å²) < 4.78 is 38.2. The van der Waals surface area contributed by atoms with E-state index in [2.05, 4.69) is 5.32 Å². The van der Waals surface area contributed by atoms with E-state index in [9.17, 15) is 23.1 Å². The van der Waals surface area contributed by atoms with Gasteiger partial charge in [-0.25, -0.2) is 4.79 Å². The minimum absolute atomic E-state index is 0.108. The number of carbonyl (C=O) groups excluding carboxylic acids is 1. The number of nitrogens with zero attached hydrogens (tertiary/aromatic N) is 1. The standard InChI is InChI=1S/C14H19F3N2O2S/c1-2-10(11-4-3-9-22-11)18-12(20)19-7-5-13(21,6-8-19)14(15,16)17/h3-4,9-10,21H,2,5-8H2,1H3,(H,18,20)/t10-/m1/s1. The van der Waals surface area contributed by atoms with E-state index in [1.807, 2.05) is 24.4 Å². The van der Waals surface area contributed by atoms with Gasteiger partial charge in [-0.2, -0.15) is 13.2 Å². The zero-order valence-corrected chi connectivity index (χ0v) is 13.0. The largest absolute Gasteiger partial charge is 0.417 e. The summed E-state index contributed by atoms with van der Waals surface area (Å²) in [6.45, 7) is 1.72. The van der Waals surface area contributed by atoms with Gasteiger partial charge >= 0.3 is 12.2 Å². The predicted molar refractivity (Wildman–Crippen MR) is 77.7 cm³/mol. The van der Waals surface area contributed by atoms with Crippen molar-refractivity contribution < 1.29 is 23.1 Å². The molecule has 0 radical (unpaired) electrons. The first-order valence-electron chi connectivity index (χ1n) is 7.15. The third kappa shape index (κ3) is 3.55. The van der Waals surface area contributed by atoms with Crippen LogP contribution in [0.25, 0.3) is 0 Å². The molecule has 8 heteroatoms. The minimum atomic E-state index is -4.65. The van der Waals surface area contributed by atoms with Crippen LogP contribution >= 0.6 is 11.3 Å². The second-order valence-corrected chi connectivity index (χ2v) is 6.42. The third-order valence-corrected chi connectivity index (χ3v) is 4.98. The Morgan fingerprint density at radius 2 is 2.14 bits per heavy atom.